The Morgan fingerprint density at radius 3 is 2.62 bits per heavy atom. The molecule has 0 aromatic heterocycles. The SMILES string of the molecule is C/C=C\c1cc(C(C)S)ccc1C. The Morgan fingerprint density at radius 1 is 1.38 bits per heavy atom. The van der Waals surface area contributed by atoms with E-state index in [-0.39, 0.29) is 0 Å². The average molecular weight is 192 g/mol. The van der Waals surface area contributed by atoms with E-state index in [0.29, 0.717) is 5.25 Å². The molecule has 0 saturated heterocycles. The van der Waals surface area contributed by atoms with Gasteiger partial charge in [0.2, 0.25) is 0 Å². The van der Waals surface area contributed by atoms with Gasteiger partial charge in [0.15, 0.2) is 0 Å². The lowest BCUT2D eigenvalue weighted by Gasteiger charge is -2.07. The predicted molar refractivity (Wildman–Crippen MR) is 63.3 cm³/mol. The number of thiol groups is 1. The van der Waals surface area contributed by atoms with Crippen molar-refractivity contribution in [3.8, 4) is 0 Å². The molecule has 0 spiro atoms. The first-order valence-electron chi connectivity index (χ1n) is 4.56. The highest BCUT2D eigenvalue weighted by Crippen LogP contribution is 2.22. The van der Waals surface area contributed by atoms with Gasteiger partial charge < -0.3 is 0 Å². The van der Waals surface area contributed by atoms with Gasteiger partial charge in [-0.1, -0.05) is 30.4 Å². The quantitative estimate of drug-likeness (QED) is 0.672. The first-order valence-corrected chi connectivity index (χ1v) is 5.08. The van der Waals surface area contributed by atoms with Gasteiger partial charge in [-0.2, -0.15) is 12.6 Å². The van der Waals surface area contributed by atoms with Crippen LogP contribution in [0.2, 0.25) is 0 Å². The highest BCUT2D eigenvalue weighted by molar-refractivity contribution is 7.80. The number of hydrogen-bond donors (Lipinski definition) is 1. The molecule has 1 heteroatoms. The van der Waals surface area contributed by atoms with Crippen LogP contribution < -0.4 is 0 Å². The summed E-state index contributed by atoms with van der Waals surface area (Å²) in [5.74, 6) is 0. The van der Waals surface area contributed by atoms with Gasteiger partial charge in [0.1, 0.15) is 0 Å². The minimum atomic E-state index is 0.310. The van der Waals surface area contributed by atoms with Gasteiger partial charge in [-0.05, 0) is 37.5 Å². The summed E-state index contributed by atoms with van der Waals surface area (Å²) in [6.45, 7) is 6.26. The van der Waals surface area contributed by atoms with Gasteiger partial charge in [-0.3, -0.25) is 0 Å². The maximum Gasteiger partial charge on any atom is 0.0239 e. The molecule has 1 aromatic carbocycles. The average Bonchev–Trinajstić information content (AvgIpc) is 2.08. The molecule has 1 atom stereocenters. The Morgan fingerprint density at radius 2 is 2.08 bits per heavy atom. The molecule has 0 nitrogen and oxygen atoms in total. The van der Waals surface area contributed by atoms with E-state index in [9.17, 15) is 0 Å². The Labute approximate surface area is 86.1 Å². The van der Waals surface area contributed by atoms with Gasteiger partial charge in [0, 0.05) is 5.25 Å². The Hall–Kier alpha value is -0.690. The second-order valence-corrected chi connectivity index (χ2v) is 4.07. The normalized spacial score (nSPS) is 13.5. The van der Waals surface area contributed by atoms with Crippen LogP contribution in [0.1, 0.15) is 35.8 Å². The third-order valence-corrected chi connectivity index (χ3v) is 2.43. The van der Waals surface area contributed by atoms with Crippen molar-refractivity contribution in [2.45, 2.75) is 26.0 Å². The summed E-state index contributed by atoms with van der Waals surface area (Å²) in [7, 11) is 0. The lowest BCUT2D eigenvalue weighted by Crippen LogP contribution is -1.88. The van der Waals surface area contributed by atoms with Crippen molar-refractivity contribution >= 4 is 18.7 Å². The van der Waals surface area contributed by atoms with Crippen LogP contribution in [0, 0.1) is 6.92 Å². The van der Waals surface area contributed by atoms with E-state index in [1.807, 2.05) is 6.92 Å². The van der Waals surface area contributed by atoms with Gasteiger partial charge in [-0.25, -0.2) is 0 Å². The van der Waals surface area contributed by atoms with E-state index >= 15 is 0 Å². The molecule has 1 unspecified atom stereocenters. The number of benzene rings is 1. The zero-order valence-corrected chi connectivity index (χ0v) is 9.31. The number of aryl methyl sites for hydroxylation is 1. The van der Waals surface area contributed by atoms with Crippen LogP contribution in [0.4, 0.5) is 0 Å². The number of rotatable bonds is 2. The lowest BCUT2D eigenvalue weighted by molar-refractivity contribution is 1.11. The van der Waals surface area contributed by atoms with Crippen molar-refractivity contribution in [1.82, 2.24) is 0 Å². The fourth-order valence-electron chi connectivity index (χ4n) is 1.28. The maximum atomic E-state index is 4.41. The van der Waals surface area contributed by atoms with Crippen molar-refractivity contribution in [3.05, 3.63) is 41.0 Å². The minimum Gasteiger partial charge on any atom is -0.171 e. The topological polar surface area (TPSA) is 0 Å². The molecule has 0 bridgehead atoms. The van der Waals surface area contributed by atoms with Crippen LogP contribution >= 0.6 is 12.6 Å². The molecule has 0 aliphatic rings. The minimum absolute atomic E-state index is 0.310. The molecule has 0 aliphatic heterocycles. The molecule has 0 amide bonds. The zero-order chi connectivity index (χ0) is 9.84. The van der Waals surface area contributed by atoms with E-state index < -0.39 is 0 Å². The highest BCUT2D eigenvalue weighted by Gasteiger charge is 2.01. The van der Waals surface area contributed by atoms with Crippen LogP contribution in [0.15, 0.2) is 24.3 Å². The fourth-order valence-corrected chi connectivity index (χ4v) is 1.44. The molecule has 1 aromatic rings. The van der Waals surface area contributed by atoms with Crippen molar-refractivity contribution in [1.29, 1.82) is 0 Å². The Balaban J connectivity index is 3.11. The van der Waals surface area contributed by atoms with Crippen molar-refractivity contribution in [2.24, 2.45) is 0 Å². The molecule has 0 N–H and O–H groups in total. The third kappa shape index (κ3) is 2.63. The van der Waals surface area contributed by atoms with Crippen LogP contribution in [0.25, 0.3) is 6.08 Å². The molecule has 0 heterocycles. The van der Waals surface area contributed by atoms with E-state index in [4.69, 9.17) is 0 Å². The van der Waals surface area contributed by atoms with Crippen LogP contribution in [-0.2, 0) is 0 Å². The summed E-state index contributed by atoms with van der Waals surface area (Å²) < 4.78 is 0. The Kier molecular flexibility index (Phi) is 3.61. The summed E-state index contributed by atoms with van der Waals surface area (Å²) in [5.41, 5.74) is 3.89. The lowest BCUT2D eigenvalue weighted by atomic mass is 10.0. The molecule has 70 valence electrons. The summed E-state index contributed by atoms with van der Waals surface area (Å²) in [5, 5.41) is 0.310. The van der Waals surface area contributed by atoms with Gasteiger partial charge in [0.05, 0.1) is 0 Å². The van der Waals surface area contributed by atoms with Crippen LogP contribution in [0.5, 0.6) is 0 Å². The van der Waals surface area contributed by atoms with Crippen LogP contribution in [0.3, 0.4) is 0 Å². The largest absolute Gasteiger partial charge is 0.171 e. The molecule has 1 rings (SSSR count). The van der Waals surface area contributed by atoms with Crippen molar-refractivity contribution in [3.63, 3.8) is 0 Å². The van der Waals surface area contributed by atoms with Crippen molar-refractivity contribution in [2.75, 3.05) is 0 Å². The summed E-state index contributed by atoms with van der Waals surface area (Å²) >= 11 is 4.41. The van der Waals surface area contributed by atoms with Gasteiger partial charge in [-0.15, -0.1) is 0 Å². The molecule has 13 heavy (non-hydrogen) atoms. The molecular formula is C12H16S. The molecule has 0 radical (unpaired) electrons. The zero-order valence-electron chi connectivity index (χ0n) is 8.41. The standard InChI is InChI=1S/C12H16S/c1-4-5-11-8-12(10(3)13)7-6-9(11)2/h4-8,10,13H,1-3H3/b5-4-. The molecular weight excluding hydrogens is 176 g/mol. The van der Waals surface area contributed by atoms with Crippen molar-refractivity contribution < 1.29 is 0 Å². The molecule has 0 fully saturated rings. The summed E-state index contributed by atoms with van der Waals surface area (Å²) in [6.07, 6.45) is 4.20. The van der Waals surface area contributed by atoms with E-state index in [0.717, 1.165) is 0 Å². The van der Waals surface area contributed by atoms with Crippen LogP contribution in [-0.4, -0.2) is 0 Å². The molecule has 0 saturated carbocycles. The smallest absolute Gasteiger partial charge is 0.0239 e. The second kappa shape index (κ2) is 4.52. The highest BCUT2D eigenvalue weighted by atomic mass is 32.1. The van der Waals surface area contributed by atoms with E-state index in [1.165, 1.54) is 16.7 Å². The maximum absolute atomic E-state index is 4.41. The van der Waals surface area contributed by atoms with E-state index in [1.54, 1.807) is 0 Å². The summed E-state index contributed by atoms with van der Waals surface area (Å²) in [6, 6.07) is 6.49. The predicted octanol–water partition coefficient (Wildman–Crippen LogP) is 4.02. The first-order chi connectivity index (χ1) is 6.15. The summed E-state index contributed by atoms with van der Waals surface area (Å²) in [4.78, 5) is 0. The first kappa shape index (κ1) is 10.4. The molecule has 0 aliphatic carbocycles. The van der Waals surface area contributed by atoms with E-state index in [2.05, 4.69) is 56.8 Å². The Bertz CT molecular complexity index is 311. The number of allylic oxidation sites excluding steroid dienone is 1. The monoisotopic (exact) mass is 192 g/mol. The van der Waals surface area contributed by atoms with Gasteiger partial charge in [0.25, 0.3) is 0 Å². The number of hydrogen-bond acceptors (Lipinski definition) is 1. The third-order valence-electron chi connectivity index (χ3n) is 2.13. The fraction of sp³-hybridized carbons (Fsp3) is 0.333. The second-order valence-electron chi connectivity index (χ2n) is 3.29. The van der Waals surface area contributed by atoms with Gasteiger partial charge >= 0.3 is 0 Å².